The molecular formula is C18H19NO3. The molecule has 3 rings (SSSR count). The highest BCUT2D eigenvalue weighted by Gasteiger charge is 2.25. The van der Waals surface area contributed by atoms with Crippen LogP contribution in [0, 0.1) is 0 Å². The van der Waals surface area contributed by atoms with Crippen LogP contribution < -0.4 is 5.48 Å². The Labute approximate surface area is 130 Å². The molecule has 2 aromatic rings. The van der Waals surface area contributed by atoms with Crippen molar-refractivity contribution in [2.24, 2.45) is 0 Å². The van der Waals surface area contributed by atoms with E-state index in [1.807, 2.05) is 12.1 Å². The lowest BCUT2D eigenvalue weighted by atomic mass is 9.79. The minimum Gasteiger partial charge on any atom is -0.464 e. The van der Waals surface area contributed by atoms with E-state index in [1.165, 1.54) is 29.4 Å². The zero-order valence-electron chi connectivity index (χ0n) is 12.5. The summed E-state index contributed by atoms with van der Waals surface area (Å²) in [7, 11) is 1.47. The van der Waals surface area contributed by atoms with Crippen LogP contribution in [-0.2, 0) is 20.8 Å². The molecule has 1 N–H and O–H groups in total. The van der Waals surface area contributed by atoms with E-state index in [0.29, 0.717) is 6.61 Å². The van der Waals surface area contributed by atoms with E-state index < -0.39 is 0 Å². The molecule has 1 unspecified atom stereocenters. The number of hydroxylamine groups is 1. The van der Waals surface area contributed by atoms with Crippen molar-refractivity contribution in [3.05, 3.63) is 59.7 Å². The number of fused-ring (bicyclic) bond motifs is 3. The summed E-state index contributed by atoms with van der Waals surface area (Å²) in [5, 5.41) is 0. The molecule has 0 radical (unpaired) electrons. The normalized spacial score (nSPS) is 15.8. The first-order valence-electron chi connectivity index (χ1n) is 7.38. The number of hydrogen-bond donors (Lipinski definition) is 1. The maximum absolute atomic E-state index is 11.6. The first-order chi connectivity index (χ1) is 10.8. The van der Waals surface area contributed by atoms with Crippen molar-refractivity contribution in [2.45, 2.75) is 12.3 Å². The number of esters is 1. The Morgan fingerprint density at radius 1 is 1.14 bits per heavy atom. The van der Waals surface area contributed by atoms with Crippen molar-refractivity contribution in [3.8, 4) is 11.1 Å². The van der Waals surface area contributed by atoms with Crippen LogP contribution in [-0.4, -0.2) is 26.2 Å². The highest BCUT2D eigenvalue weighted by molar-refractivity contribution is 5.74. The Balaban J connectivity index is 1.78. The zero-order valence-corrected chi connectivity index (χ0v) is 12.5. The van der Waals surface area contributed by atoms with Crippen LogP contribution in [0.25, 0.3) is 11.1 Å². The third kappa shape index (κ3) is 3.03. The van der Waals surface area contributed by atoms with Gasteiger partial charge in [0.15, 0.2) is 0 Å². The summed E-state index contributed by atoms with van der Waals surface area (Å²) in [6, 6.07) is 16.8. The molecule has 0 saturated carbocycles. The first-order valence-corrected chi connectivity index (χ1v) is 7.38. The van der Waals surface area contributed by atoms with Crippen molar-refractivity contribution in [2.75, 3.05) is 20.3 Å². The number of carbonyl (C=O) groups excluding carboxylic acids is 1. The Kier molecular flexibility index (Phi) is 4.51. The third-order valence-electron chi connectivity index (χ3n) is 3.98. The highest BCUT2D eigenvalue weighted by atomic mass is 16.6. The molecule has 0 spiro atoms. The van der Waals surface area contributed by atoms with E-state index in [2.05, 4.69) is 46.7 Å². The zero-order chi connectivity index (χ0) is 15.4. The maximum Gasteiger partial charge on any atom is 0.322 e. The second kappa shape index (κ2) is 6.73. The van der Waals surface area contributed by atoms with Crippen LogP contribution in [0.4, 0.5) is 0 Å². The van der Waals surface area contributed by atoms with Gasteiger partial charge in [0.2, 0.25) is 0 Å². The van der Waals surface area contributed by atoms with E-state index in [1.54, 1.807) is 0 Å². The molecular weight excluding hydrogens is 278 g/mol. The van der Waals surface area contributed by atoms with Crippen LogP contribution in [0.15, 0.2) is 48.5 Å². The van der Waals surface area contributed by atoms with Gasteiger partial charge >= 0.3 is 5.97 Å². The van der Waals surface area contributed by atoms with E-state index in [9.17, 15) is 4.79 Å². The molecule has 0 aromatic heterocycles. The van der Waals surface area contributed by atoms with Crippen LogP contribution in [0.3, 0.4) is 0 Å². The van der Waals surface area contributed by atoms with Gasteiger partial charge in [-0.1, -0.05) is 48.5 Å². The second-order valence-corrected chi connectivity index (χ2v) is 5.35. The SMILES string of the molecule is CONCC(=O)OCC1Cc2ccccc2-c2ccccc21. The Hall–Kier alpha value is -2.17. The molecule has 0 amide bonds. The average molecular weight is 297 g/mol. The highest BCUT2D eigenvalue weighted by Crippen LogP contribution is 2.39. The number of ether oxygens (including phenoxy) is 1. The summed E-state index contributed by atoms with van der Waals surface area (Å²) >= 11 is 0. The minimum absolute atomic E-state index is 0.0570. The number of rotatable bonds is 5. The predicted molar refractivity (Wildman–Crippen MR) is 84.3 cm³/mol. The summed E-state index contributed by atoms with van der Waals surface area (Å²) in [6.45, 7) is 0.441. The van der Waals surface area contributed by atoms with Crippen molar-refractivity contribution < 1.29 is 14.4 Å². The van der Waals surface area contributed by atoms with Gasteiger partial charge in [-0.05, 0) is 28.7 Å². The minimum atomic E-state index is -0.307. The molecule has 0 bridgehead atoms. The monoisotopic (exact) mass is 297 g/mol. The van der Waals surface area contributed by atoms with Gasteiger partial charge in [0.25, 0.3) is 0 Å². The van der Waals surface area contributed by atoms with Crippen molar-refractivity contribution in [3.63, 3.8) is 0 Å². The topological polar surface area (TPSA) is 47.6 Å². The number of hydrogen-bond acceptors (Lipinski definition) is 4. The standard InChI is InChI=1S/C18H19NO3/c1-21-19-11-18(20)22-12-14-10-13-6-2-3-7-15(13)17-9-5-4-8-16(14)17/h2-9,14,19H,10-12H2,1H3. The van der Waals surface area contributed by atoms with E-state index in [0.717, 1.165) is 6.42 Å². The fourth-order valence-corrected chi connectivity index (χ4v) is 2.96. The first kappa shape index (κ1) is 14.8. The van der Waals surface area contributed by atoms with Gasteiger partial charge in [-0.25, -0.2) is 0 Å². The number of carbonyl (C=O) groups is 1. The van der Waals surface area contributed by atoms with Crippen LogP contribution in [0.2, 0.25) is 0 Å². The molecule has 2 aromatic carbocycles. The van der Waals surface area contributed by atoms with Gasteiger partial charge in [0.05, 0.1) is 13.7 Å². The van der Waals surface area contributed by atoms with Gasteiger partial charge in [-0.15, -0.1) is 0 Å². The van der Waals surface area contributed by atoms with Crippen molar-refractivity contribution >= 4 is 5.97 Å². The molecule has 22 heavy (non-hydrogen) atoms. The van der Waals surface area contributed by atoms with Crippen molar-refractivity contribution in [1.82, 2.24) is 5.48 Å². The molecule has 4 nitrogen and oxygen atoms in total. The average Bonchev–Trinajstić information content (AvgIpc) is 2.58. The Morgan fingerprint density at radius 3 is 2.68 bits per heavy atom. The van der Waals surface area contributed by atoms with E-state index in [-0.39, 0.29) is 18.4 Å². The lowest BCUT2D eigenvalue weighted by Crippen LogP contribution is -2.26. The summed E-state index contributed by atoms with van der Waals surface area (Å²) < 4.78 is 5.37. The predicted octanol–water partition coefficient (Wildman–Crippen LogP) is 2.69. The van der Waals surface area contributed by atoms with Crippen LogP contribution in [0.5, 0.6) is 0 Å². The van der Waals surface area contributed by atoms with E-state index in [4.69, 9.17) is 4.74 Å². The molecule has 114 valence electrons. The molecule has 0 aliphatic heterocycles. The van der Waals surface area contributed by atoms with Gasteiger partial charge in [0, 0.05) is 5.92 Å². The lowest BCUT2D eigenvalue weighted by molar-refractivity contribution is -0.145. The van der Waals surface area contributed by atoms with E-state index >= 15 is 0 Å². The molecule has 0 saturated heterocycles. The fourth-order valence-electron chi connectivity index (χ4n) is 2.96. The third-order valence-corrected chi connectivity index (χ3v) is 3.98. The van der Waals surface area contributed by atoms with Crippen LogP contribution >= 0.6 is 0 Å². The molecule has 1 aliphatic carbocycles. The molecule has 0 heterocycles. The van der Waals surface area contributed by atoms with Gasteiger partial charge in [-0.3, -0.25) is 4.79 Å². The van der Waals surface area contributed by atoms with Crippen molar-refractivity contribution in [1.29, 1.82) is 0 Å². The molecule has 1 atom stereocenters. The summed E-state index contributed by atoms with van der Waals surface area (Å²) in [5.74, 6) is -0.115. The smallest absolute Gasteiger partial charge is 0.322 e. The van der Waals surface area contributed by atoms with Crippen LogP contribution in [0.1, 0.15) is 17.0 Å². The quantitative estimate of drug-likeness (QED) is 0.681. The molecule has 4 heteroatoms. The summed E-state index contributed by atoms with van der Waals surface area (Å²) in [6.07, 6.45) is 0.887. The van der Waals surface area contributed by atoms with Gasteiger partial charge in [0.1, 0.15) is 6.54 Å². The maximum atomic E-state index is 11.6. The largest absolute Gasteiger partial charge is 0.464 e. The molecule has 0 fully saturated rings. The summed E-state index contributed by atoms with van der Waals surface area (Å²) in [5.41, 5.74) is 7.56. The lowest BCUT2D eigenvalue weighted by Gasteiger charge is -2.27. The fraction of sp³-hybridized carbons (Fsp3) is 0.278. The summed E-state index contributed by atoms with van der Waals surface area (Å²) in [4.78, 5) is 16.3. The Bertz CT molecular complexity index is 669. The second-order valence-electron chi connectivity index (χ2n) is 5.35. The Morgan fingerprint density at radius 2 is 1.86 bits per heavy atom. The molecule has 1 aliphatic rings. The number of benzene rings is 2. The van der Waals surface area contributed by atoms with Gasteiger partial charge in [-0.2, -0.15) is 5.48 Å². The van der Waals surface area contributed by atoms with Gasteiger partial charge < -0.3 is 9.57 Å². The number of nitrogens with one attached hydrogen (secondary N) is 1.